The first kappa shape index (κ1) is 25.1. The average Bonchev–Trinajstić information content (AvgIpc) is 3.05. The summed E-state index contributed by atoms with van der Waals surface area (Å²) in [6.45, 7) is 0.380. The minimum absolute atomic E-state index is 0.0292. The van der Waals surface area contributed by atoms with E-state index in [1.165, 1.54) is 11.7 Å². The highest BCUT2D eigenvalue weighted by Gasteiger charge is 2.33. The number of H-pyrrole nitrogens is 1. The Morgan fingerprint density at radius 3 is 2.53 bits per heavy atom. The summed E-state index contributed by atoms with van der Waals surface area (Å²) in [4.78, 5) is 42.2. The number of ether oxygens (including phenoxy) is 1. The van der Waals surface area contributed by atoms with Crippen molar-refractivity contribution in [3.63, 3.8) is 0 Å². The van der Waals surface area contributed by atoms with Crippen molar-refractivity contribution >= 4 is 17.4 Å². The highest BCUT2D eigenvalue weighted by molar-refractivity contribution is 5.83. The van der Waals surface area contributed by atoms with Crippen molar-refractivity contribution in [2.75, 3.05) is 30.9 Å². The minimum atomic E-state index is -0.915. The van der Waals surface area contributed by atoms with E-state index >= 15 is 0 Å². The Morgan fingerprint density at radius 2 is 1.91 bits per heavy atom. The van der Waals surface area contributed by atoms with E-state index in [0.29, 0.717) is 12.8 Å². The van der Waals surface area contributed by atoms with Gasteiger partial charge in [-0.1, -0.05) is 56.0 Å². The third-order valence-corrected chi connectivity index (χ3v) is 6.15. The van der Waals surface area contributed by atoms with E-state index in [1.807, 2.05) is 30.3 Å². The summed E-state index contributed by atoms with van der Waals surface area (Å²) in [5.74, 6) is -0.424. The number of aromatic amines is 1. The second-order valence-electron chi connectivity index (χ2n) is 8.64. The summed E-state index contributed by atoms with van der Waals surface area (Å²) in [7, 11) is 1.50. The number of benzene rings is 1. The summed E-state index contributed by atoms with van der Waals surface area (Å²) >= 11 is 0. The lowest BCUT2D eigenvalue weighted by atomic mass is 9.92. The van der Waals surface area contributed by atoms with Crippen molar-refractivity contribution in [1.29, 1.82) is 5.26 Å². The van der Waals surface area contributed by atoms with Gasteiger partial charge in [-0.2, -0.15) is 5.26 Å². The molecule has 1 heterocycles. The fourth-order valence-electron chi connectivity index (χ4n) is 4.38. The van der Waals surface area contributed by atoms with Gasteiger partial charge in [0.15, 0.2) is 0 Å². The van der Waals surface area contributed by atoms with Crippen molar-refractivity contribution in [2.45, 2.75) is 57.2 Å². The normalized spacial score (nSPS) is 15.2. The molecule has 0 atom stereocenters. The van der Waals surface area contributed by atoms with Gasteiger partial charge >= 0.3 is 5.69 Å². The van der Waals surface area contributed by atoms with Crippen LogP contribution in [0.3, 0.4) is 0 Å². The number of rotatable bonds is 9. The van der Waals surface area contributed by atoms with E-state index < -0.39 is 16.8 Å². The zero-order valence-corrected chi connectivity index (χ0v) is 19.5. The van der Waals surface area contributed by atoms with Crippen molar-refractivity contribution in [3.05, 3.63) is 56.7 Å². The SMILES string of the molecule is COCCn1c(N)c(N(CC(=O)NC2(C#N)CCCCCC2)Cc2ccccc2)c(=O)[nH]c1=O. The fourth-order valence-corrected chi connectivity index (χ4v) is 4.38. The number of methoxy groups -OCH3 is 1. The van der Waals surface area contributed by atoms with Crippen LogP contribution in [-0.2, 0) is 22.6 Å². The van der Waals surface area contributed by atoms with E-state index in [0.717, 1.165) is 31.2 Å². The van der Waals surface area contributed by atoms with Crippen LogP contribution in [0.2, 0.25) is 0 Å². The minimum Gasteiger partial charge on any atom is -0.383 e. The Hall–Kier alpha value is -3.58. The number of carbonyl (C=O) groups is 1. The maximum Gasteiger partial charge on any atom is 0.330 e. The lowest BCUT2D eigenvalue weighted by Crippen LogP contribution is -2.51. The number of hydrogen-bond acceptors (Lipinski definition) is 7. The molecule has 4 N–H and O–H groups in total. The number of nitrogens with one attached hydrogen (secondary N) is 2. The number of nitrogen functional groups attached to an aromatic ring is 1. The fraction of sp³-hybridized carbons (Fsp3) is 0.500. The molecular formula is C24H32N6O4. The number of nitrogens with two attached hydrogens (primary N) is 1. The summed E-state index contributed by atoms with van der Waals surface area (Å²) in [5, 5.41) is 12.8. The van der Waals surface area contributed by atoms with E-state index in [-0.39, 0.29) is 43.7 Å². The first-order valence-electron chi connectivity index (χ1n) is 11.5. The molecule has 0 unspecified atom stereocenters. The summed E-state index contributed by atoms with van der Waals surface area (Å²) in [6, 6.07) is 11.6. The third-order valence-electron chi connectivity index (χ3n) is 6.15. The molecule has 0 saturated heterocycles. The van der Waals surface area contributed by atoms with Crippen LogP contribution < -0.4 is 27.2 Å². The molecular weight excluding hydrogens is 436 g/mol. The average molecular weight is 469 g/mol. The highest BCUT2D eigenvalue weighted by atomic mass is 16.5. The van der Waals surface area contributed by atoms with Crippen LogP contribution in [0.15, 0.2) is 39.9 Å². The Labute approximate surface area is 198 Å². The Kier molecular flexibility index (Phi) is 8.49. The molecule has 34 heavy (non-hydrogen) atoms. The van der Waals surface area contributed by atoms with Gasteiger partial charge in [0.25, 0.3) is 5.56 Å². The van der Waals surface area contributed by atoms with Crippen molar-refractivity contribution in [1.82, 2.24) is 14.9 Å². The third kappa shape index (κ3) is 6.05. The second kappa shape index (κ2) is 11.5. The van der Waals surface area contributed by atoms with Gasteiger partial charge < -0.3 is 20.7 Å². The predicted octanol–water partition coefficient (Wildman–Crippen LogP) is 1.50. The predicted molar refractivity (Wildman–Crippen MR) is 129 cm³/mol. The summed E-state index contributed by atoms with van der Waals surface area (Å²) in [5.41, 5.74) is 4.92. The molecule has 0 aliphatic heterocycles. The van der Waals surface area contributed by atoms with Crippen LogP contribution in [-0.4, -0.2) is 41.3 Å². The summed E-state index contributed by atoms with van der Waals surface area (Å²) < 4.78 is 6.27. The van der Waals surface area contributed by atoms with Crippen LogP contribution in [0.1, 0.15) is 44.1 Å². The van der Waals surface area contributed by atoms with Crippen LogP contribution in [0, 0.1) is 11.3 Å². The molecule has 2 aromatic rings. The van der Waals surface area contributed by atoms with Crippen LogP contribution >= 0.6 is 0 Å². The molecule has 182 valence electrons. The largest absolute Gasteiger partial charge is 0.383 e. The van der Waals surface area contributed by atoms with Crippen molar-refractivity contribution in [3.8, 4) is 6.07 Å². The monoisotopic (exact) mass is 468 g/mol. The topological polar surface area (TPSA) is 146 Å². The van der Waals surface area contributed by atoms with Gasteiger partial charge in [0.1, 0.15) is 17.0 Å². The van der Waals surface area contributed by atoms with E-state index in [9.17, 15) is 19.6 Å². The molecule has 0 radical (unpaired) electrons. The zero-order chi connectivity index (χ0) is 24.6. The van der Waals surface area contributed by atoms with Crippen LogP contribution in [0.4, 0.5) is 11.5 Å². The molecule has 3 rings (SSSR count). The van der Waals surface area contributed by atoms with E-state index in [4.69, 9.17) is 10.5 Å². The first-order chi connectivity index (χ1) is 16.4. The number of amides is 1. The van der Waals surface area contributed by atoms with Crippen molar-refractivity contribution in [2.24, 2.45) is 0 Å². The lowest BCUT2D eigenvalue weighted by molar-refractivity contribution is -0.121. The molecule has 1 fully saturated rings. The van der Waals surface area contributed by atoms with Crippen LogP contribution in [0.25, 0.3) is 0 Å². The molecule has 1 aliphatic carbocycles. The quantitative estimate of drug-likeness (QED) is 0.473. The van der Waals surface area contributed by atoms with Crippen molar-refractivity contribution < 1.29 is 9.53 Å². The van der Waals surface area contributed by atoms with Gasteiger partial charge in [0, 0.05) is 13.7 Å². The number of nitrogens with zero attached hydrogens (tertiary/aromatic N) is 3. The molecule has 1 saturated carbocycles. The molecule has 1 aromatic heterocycles. The summed E-state index contributed by atoms with van der Waals surface area (Å²) in [6.07, 6.45) is 5.01. The molecule has 0 bridgehead atoms. The number of aromatic nitrogens is 2. The highest BCUT2D eigenvalue weighted by Crippen LogP contribution is 2.27. The first-order valence-corrected chi connectivity index (χ1v) is 11.5. The molecule has 0 spiro atoms. The Balaban J connectivity index is 1.95. The zero-order valence-electron chi connectivity index (χ0n) is 19.5. The van der Waals surface area contributed by atoms with Gasteiger partial charge in [-0.3, -0.25) is 19.1 Å². The van der Waals surface area contributed by atoms with Crippen LogP contribution in [0.5, 0.6) is 0 Å². The molecule has 10 nitrogen and oxygen atoms in total. The smallest absolute Gasteiger partial charge is 0.330 e. The van der Waals surface area contributed by atoms with Gasteiger partial charge in [0.05, 0.1) is 25.8 Å². The number of carbonyl (C=O) groups excluding carboxylic acids is 1. The molecule has 1 aromatic carbocycles. The maximum atomic E-state index is 13.2. The van der Waals surface area contributed by atoms with Gasteiger partial charge in [0.2, 0.25) is 5.91 Å². The molecule has 1 amide bonds. The maximum absolute atomic E-state index is 13.2. The van der Waals surface area contributed by atoms with Gasteiger partial charge in [-0.25, -0.2) is 4.79 Å². The molecule has 10 heteroatoms. The Bertz CT molecular complexity index is 1130. The van der Waals surface area contributed by atoms with E-state index in [1.54, 1.807) is 4.90 Å². The number of hydrogen-bond donors (Lipinski definition) is 3. The van der Waals surface area contributed by atoms with Gasteiger partial charge in [-0.05, 0) is 18.4 Å². The standard InChI is InChI=1S/C24H32N6O4/c1-34-14-13-30-21(26)20(22(32)27-23(30)33)29(15-18-9-5-4-6-10-18)16-19(31)28-24(17-25)11-7-2-3-8-12-24/h4-6,9-10H,2-3,7-8,11-16,26H2,1H3,(H,28,31)(H,27,32,33). The second-order valence-corrected chi connectivity index (χ2v) is 8.64. The van der Waals surface area contributed by atoms with E-state index in [2.05, 4.69) is 16.4 Å². The Morgan fingerprint density at radius 1 is 1.24 bits per heavy atom. The number of anilines is 2. The van der Waals surface area contributed by atoms with Gasteiger partial charge in [-0.15, -0.1) is 0 Å². The lowest BCUT2D eigenvalue weighted by Gasteiger charge is -2.30. The number of nitriles is 1. The molecule has 1 aliphatic rings.